The Labute approximate surface area is 160 Å². The third kappa shape index (κ3) is 3.70. The second kappa shape index (κ2) is 7.41. The molecule has 3 rings (SSSR count). The normalized spacial score (nSPS) is 13.1. The first kappa shape index (κ1) is 18.3. The van der Waals surface area contributed by atoms with E-state index in [1.807, 2.05) is 37.3 Å². The summed E-state index contributed by atoms with van der Waals surface area (Å²) in [4.78, 5) is 40.0. The number of imide groups is 1. The monoisotopic (exact) mass is 414 g/mol. The summed E-state index contributed by atoms with van der Waals surface area (Å²) in [5.41, 5.74) is 2.78. The maximum absolute atomic E-state index is 12.4. The highest BCUT2D eigenvalue weighted by Crippen LogP contribution is 2.24. The van der Waals surface area contributed by atoms with Crippen LogP contribution < -0.4 is 0 Å². The minimum Gasteiger partial charge on any atom is -0.341 e. The third-order valence-electron chi connectivity index (χ3n) is 4.43. The molecule has 26 heavy (non-hydrogen) atoms. The molecule has 2 aromatic carbocycles. The first-order chi connectivity index (χ1) is 12.4. The van der Waals surface area contributed by atoms with E-state index in [0.717, 1.165) is 20.5 Å². The van der Waals surface area contributed by atoms with Gasteiger partial charge in [0.15, 0.2) is 0 Å². The maximum Gasteiger partial charge on any atom is 0.261 e. The summed E-state index contributed by atoms with van der Waals surface area (Å²) >= 11 is 3.38. The van der Waals surface area contributed by atoms with Crippen LogP contribution in [0, 0.1) is 6.92 Å². The zero-order valence-electron chi connectivity index (χ0n) is 14.7. The molecule has 6 heteroatoms. The fourth-order valence-electron chi connectivity index (χ4n) is 2.96. The van der Waals surface area contributed by atoms with E-state index < -0.39 is 0 Å². The van der Waals surface area contributed by atoms with Gasteiger partial charge in [0, 0.05) is 31.0 Å². The molecule has 5 nitrogen and oxygen atoms in total. The van der Waals surface area contributed by atoms with Crippen molar-refractivity contribution in [1.29, 1.82) is 0 Å². The number of fused-ring (bicyclic) bond motifs is 1. The molecule has 1 heterocycles. The molecule has 1 aliphatic heterocycles. The predicted molar refractivity (Wildman–Crippen MR) is 102 cm³/mol. The van der Waals surface area contributed by atoms with Gasteiger partial charge in [-0.1, -0.05) is 39.7 Å². The number of amides is 3. The Bertz CT molecular complexity index is 877. The van der Waals surface area contributed by atoms with Crippen LogP contribution in [0.2, 0.25) is 0 Å². The molecule has 0 radical (unpaired) electrons. The lowest BCUT2D eigenvalue weighted by atomic mass is 10.1. The second-order valence-electron chi connectivity index (χ2n) is 6.44. The van der Waals surface area contributed by atoms with Crippen molar-refractivity contribution >= 4 is 33.7 Å². The molecule has 1 aliphatic rings. The summed E-state index contributed by atoms with van der Waals surface area (Å²) in [6.07, 6.45) is 0.109. The molecular weight excluding hydrogens is 396 g/mol. The number of rotatable bonds is 5. The zero-order valence-corrected chi connectivity index (χ0v) is 16.2. The van der Waals surface area contributed by atoms with E-state index in [2.05, 4.69) is 15.9 Å². The first-order valence-corrected chi connectivity index (χ1v) is 9.11. The Morgan fingerprint density at radius 1 is 1.04 bits per heavy atom. The molecule has 0 fully saturated rings. The summed E-state index contributed by atoms with van der Waals surface area (Å²) in [5, 5.41) is 0. The Morgan fingerprint density at radius 2 is 1.69 bits per heavy atom. The summed E-state index contributed by atoms with van der Waals surface area (Å²) in [6.45, 7) is 2.45. The first-order valence-electron chi connectivity index (χ1n) is 8.32. The fourth-order valence-corrected chi connectivity index (χ4v) is 3.22. The van der Waals surface area contributed by atoms with Gasteiger partial charge in [0.05, 0.1) is 11.1 Å². The lowest BCUT2D eigenvalue weighted by Crippen LogP contribution is -2.35. The Morgan fingerprint density at radius 3 is 2.38 bits per heavy atom. The molecule has 0 atom stereocenters. The topological polar surface area (TPSA) is 57.7 Å². The molecule has 3 amide bonds. The van der Waals surface area contributed by atoms with E-state index in [-0.39, 0.29) is 30.7 Å². The molecule has 0 N–H and O–H groups in total. The van der Waals surface area contributed by atoms with Crippen LogP contribution >= 0.6 is 15.9 Å². The third-order valence-corrected chi connectivity index (χ3v) is 4.96. The van der Waals surface area contributed by atoms with E-state index in [4.69, 9.17) is 0 Å². The van der Waals surface area contributed by atoms with Gasteiger partial charge in [-0.3, -0.25) is 19.3 Å². The minimum atomic E-state index is -0.326. The number of aryl methyl sites for hydroxylation is 1. The highest BCUT2D eigenvalue weighted by atomic mass is 79.9. The maximum atomic E-state index is 12.4. The molecule has 0 spiro atoms. The number of hydrogen-bond acceptors (Lipinski definition) is 3. The molecule has 0 aliphatic carbocycles. The van der Waals surface area contributed by atoms with Gasteiger partial charge < -0.3 is 4.90 Å². The summed E-state index contributed by atoms with van der Waals surface area (Å²) in [5.74, 6) is -0.758. The van der Waals surface area contributed by atoms with Gasteiger partial charge in [0.2, 0.25) is 5.91 Å². The lowest BCUT2D eigenvalue weighted by molar-refractivity contribution is -0.130. The standard InChI is InChI=1S/C20H19BrN2O3/c1-13-3-8-16-17(11-13)20(26)23(19(16)25)10-9-18(24)22(2)12-14-4-6-15(21)7-5-14/h3-8,11H,9-10,12H2,1-2H3. The van der Waals surface area contributed by atoms with Gasteiger partial charge in [-0.15, -0.1) is 0 Å². The SMILES string of the molecule is Cc1ccc2c(c1)C(=O)N(CCC(=O)N(C)Cc1ccc(Br)cc1)C2=O. The van der Waals surface area contributed by atoms with Gasteiger partial charge in [0.25, 0.3) is 11.8 Å². The molecule has 0 unspecified atom stereocenters. The Kier molecular flexibility index (Phi) is 5.23. The Hall–Kier alpha value is -2.47. The fraction of sp³-hybridized carbons (Fsp3) is 0.250. The number of carbonyl (C=O) groups is 3. The summed E-state index contributed by atoms with van der Waals surface area (Å²) in [7, 11) is 1.72. The van der Waals surface area contributed by atoms with Crippen molar-refractivity contribution in [1.82, 2.24) is 9.80 Å². The van der Waals surface area contributed by atoms with Crippen LogP contribution in [0.5, 0.6) is 0 Å². The number of hydrogen-bond donors (Lipinski definition) is 0. The highest BCUT2D eigenvalue weighted by Gasteiger charge is 2.35. The van der Waals surface area contributed by atoms with Crippen molar-refractivity contribution in [2.45, 2.75) is 19.9 Å². The Balaban J connectivity index is 1.60. The minimum absolute atomic E-state index is 0.0922. The van der Waals surface area contributed by atoms with Crippen molar-refractivity contribution in [3.63, 3.8) is 0 Å². The molecule has 0 saturated carbocycles. The largest absolute Gasteiger partial charge is 0.341 e. The number of halogens is 1. The second-order valence-corrected chi connectivity index (χ2v) is 7.35. The van der Waals surface area contributed by atoms with Gasteiger partial charge in [-0.05, 0) is 36.8 Å². The van der Waals surface area contributed by atoms with Gasteiger partial charge in [-0.25, -0.2) is 0 Å². The van der Waals surface area contributed by atoms with Crippen LogP contribution in [0.3, 0.4) is 0 Å². The smallest absolute Gasteiger partial charge is 0.261 e. The average molecular weight is 415 g/mol. The number of nitrogens with zero attached hydrogens (tertiary/aromatic N) is 2. The van der Waals surface area contributed by atoms with Crippen LogP contribution in [-0.4, -0.2) is 41.1 Å². The summed E-state index contributed by atoms with van der Waals surface area (Å²) in [6, 6.07) is 12.9. The van der Waals surface area contributed by atoms with Crippen molar-refractivity contribution in [3.8, 4) is 0 Å². The van der Waals surface area contributed by atoms with E-state index in [1.54, 1.807) is 24.1 Å². The quantitative estimate of drug-likeness (QED) is 0.704. The molecule has 0 aromatic heterocycles. The molecular formula is C20H19BrN2O3. The van der Waals surface area contributed by atoms with Crippen LogP contribution in [0.15, 0.2) is 46.9 Å². The van der Waals surface area contributed by atoms with Gasteiger partial charge in [0.1, 0.15) is 0 Å². The van der Waals surface area contributed by atoms with E-state index >= 15 is 0 Å². The van der Waals surface area contributed by atoms with Crippen molar-refractivity contribution in [3.05, 3.63) is 69.2 Å². The highest BCUT2D eigenvalue weighted by molar-refractivity contribution is 9.10. The lowest BCUT2D eigenvalue weighted by Gasteiger charge is -2.19. The van der Waals surface area contributed by atoms with Crippen molar-refractivity contribution in [2.24, 2.45) is 0 Å². The van der Waals surface area contributed by atoms with E-state index in [1.165, 1.54) is 0 Å². The predicted octanol–water partition coefficient (Wildman–Crippen LogP) is 3.40. The van der Waals surface area contributed by atoms with E-state index in [0.29, 0.717) is 17.7 Å². The van der Waals surface area contributed by atoms with Crippen LogP contribution in [0.1, 0.15) is 38.3 Å². The van der Waals surface area contributed by atoms with Gasteiger partial charge in [-0.2, -0.15) is 0 Å². The zero-order chi connectivity index (χ0) is 18.8. The number of carbonyl (C=O) groups excluding carboxylic acids is 3. The molecule has 2 aromatic rings. The van der Waals surface area contributed by atoms with E-state index in [9.17, 15) is 14.4 Å². The average Bonchev–Trinajstić information content (AvgIpc) is 2.85. The van der Waals surface area contributed by atoms with Crippen LogP contribution in [-0.2, 0) is 11.3 Å². The van der Waals surface area contributed by atoms with Crippen molar-refractivity contribution in [2.75, 3.05) is 13.6 Å². The molecule has 134 valence electrons. The van der Waals surface area contributed by atoms with Crippen LogP contribution in [0.25, 0.3) is 0 Å². The number of benzene rings is 2. The summed E-state index contributed by atoms with van der Waals surface area (Å²) < 4.78 is 0.982. The van der Waals surface area contributed by atoms with Gasteiger partial charge >= 0.3 is 0 Å². The van der Waals surface area contributed by atoms with Crippen molar-refractivity contribution < 1.29 is 14.4 Å². The van der Waals surface area contributed by atoms with Crippen LogP contribution in [0.4, 0.5) is 0 Å². The molecule has 0 bridgehead atoms. The molecule has 0 saturated heterocycles.